The van der Waals surface area contributed by atoms with Crippen molar-refractivity contribution in [3.8, 4) is 0 Å². The van der Waals surface area contributed by atoms with Crippen LogP contribution >= 0.6 is 0 Å². The first kappa shape index (κ1) is 25.3. The summed E-state index contributed by atoms with van der Waals surface area (Å²) in [7, 11) is -4.08. The molecule has 6 unspecified atom stereocenters. The number of nitrogens with zero attached hydrogens (tertiary/aromatic N) is 1. The number of amides is 2. The molecule has 3 heterocycles. The normalized spacial score (nSPS) is 34.9. The van der Waals surface area contributed by atoms with Crippen molar-refractivity contribution in [3.63, 3.8) is 0 Å². The average molecular weight is 536 g/mol. The van der Waals surface area contributed by atoms with Crippen molar-refractivity contribution in [2.45, 2.75) is 54.5 Å². The van der Waals surface area contributed by atoms with Gasteiger partial charge in [-0.2, -0.15) is 0 Å². The van der Waals surface area contributed by atoms with E-state index in [1.54, 1.807) is 30.0 Å². The monoisotopic (exact) mass is 535 g/mol. The number of rotatable bonds is 4. The molecule has 2 amide bonds. The van der Waals surface area contributed by atoms with Gasteiger partial charge in [0.25, 0.3) is 0 Å². The second kappa shape index (κ2) is 9.32. The number of nitrogens with one attached hydrogen (secondary N) is 2. The fourth-order valence-corrected chi connectivity index (χ4v) is 10.1. The van der Waals surface area contributed by atoms with Gasteiger partial charge in [-0.1, -0.05) is 73.7 Å². The predicted molar refractivity (Wildman–Crippen MR) is 143 cm³/mol. The molecule has 9 heteroatoms. The Labute approximate surface area is 223 Å². The molecule has 0 saturated carbocycles. The van der Waals surface area contributed by atoms with Gasteiger partial charge in [0.1, 0.15) is 10.5 Å². The Bertz CT molecular complexity index is 1390. The first-order chi connectivity index (χ1) is 18.3. The van der Waals surface area contributed by atoms with Crippen LogP contribution in [0.1, 0.15) is 41.7 Å². The number of aliphatic hydroxyl groups excluding tert-OH is 1. The highest BCUT2D eigenvalue weighted by Gasteiger charge is 2.72. The van der Waals surface area contributed by atoms with Crippen LogP contribution in [0.2, 0.25) is 0 Å². The molecule has 1 aliphatic carbocycles. The lowest BCUT2D eigenvalue weighted by atomic mass is 9.71. The molecule has 6 rings (SSSR count). The topological polar surface area (TPSA) is 116 Å². The van der Waals surface area contributed by atoms with E-state index in [0.29, 0.717) is 25.1 Å². The third-order valence-corrected chi connectivity index (χ3v) is 11.4. The molecule has 3 aliphatic heterocycles. The summed E-state index contributed by atoms with van der Waals surface area (Å²) >= 11 is 0. The third kappa shape index (κ3) is 3.74. The summed E-state index contributed by atoms with van der Waals surface area (Å²) in [5.41, 5.74) is 1.05. The summed E-state index contributed by atoms with van der Waals surface area (Å²) in [6.45, 7) is 2.93. The van der Waals surface area contributed by atoms with Crippen LogP contribution in [-0.2, 0) is 26.0 Å². The van der Waals surface area contributed by atoms with Crippen molar-refractivity contribution in [3.05, 3.63) is 77.4 Å². The van der Waals surface area contributed by atoms with E-state index in [4.69, 9.17) is 0 Å². The maximum Gasteiger partial charge on any atom is 0.242 e. The highest BCUT2D eigenvalue weighted by atomic mass is 32.2. The summed E-state index contributed by atoms with van der Waals surface area (Å²) in [6, 6.07) is 16.2. The van der Waals surface area contributed by atoms with Crippen molar-refractivity contribution in [2.75, 3.05) is 13.1 Å². The second-order valence-corrected chi connectivity index (χ2v) is 13.2. The third-order valence-electron chi connectivity index (χ3n) is 8.88. The van der Waals surface area contributed by atoms with Gasteiger partial charge in [0.05, 0.1) is 17.7 Å². The quantitative estimate of drug-likeness (QED) is 0.550. The van der Waals surface area contributed by atoms with Gasteiger partial charge >= 0.3 is 0 Å². The molecule has 0 radical (unpaired) electrons. The largest absolute Gasteiger partial charge is 0.390 e. The molecule has 2 aromatic carbocycles. The molecular formula is C29H33N3O5S. The minimum absolute atomic E-state index is 0.181. The van der Waals surface area contributed by atoms with E-state index < -0.39 is 55.8 Å². The molecule has 1 spiro atoms. The molecule has 0 bridgehead atoms. The summed E-state index contributed by atoms with van der Waals surface area (Å²) in [6.07, 6.45) is 4.12. The lowest BCUT2D eigenvalue weighted by Gasteiger charge is -2.37. The highest BCUT2D eigenvalue weighted by Crippen LogP contribution is 2.59. The molecule has 3 saturated heterocycles. The minimum Gasteiger partial charge on any atom is -0.390 e. The number of hydrogen-bond donors (Lipinski definition) is 3. The number of aliphatic hydroxyl groups is 1. The van der Waals surface area contributed by atoms with Crippen molar-refractivity contribution in [1.82, 2.24) is 15.5 Å². The van der Waals surface area contributed by atoms with Crippen LogP contribution in [0.15, 0.2) is 60.7 Å². The van der Waals surface area contributed by atoms with Gasteiger partial charge < -0.3 is 20.6 Å². The van der Waals surface area contributed by atoms with Crippen molar-refractivity contribution in [1.29, 1.82) is 0 Å². The Morgan fingerprint density at radius 2 is 1.87 bits per heavy atom. The van der Waals surface area contributed by atoms with Gasteiger partial charge in [-0.3, -0.25) is 9.59 Å². The van der Waals surface area contributed by atoms with Gasteiger partial charge in [0.2, 0.25) is 11.8 Å². The van der Waals surface area contributed by atoms with Crippen molar-refractivity contribution in [2.24, 2.45) is 11.8 Å². The van der Waals surface area contributed by atoms with Gasteiger partial charge in [-0.05, 0) is 36.1 Å². The summed E-state index contributed by atoms with van der Waals surface area (Å²) in [5.74, 6) is -2.21. The van der Waals surface area contributed by atoms with Gasteiger partial charge in [-0.25, -0.2) is 8.42 Å². The van der Waals surface area contributed by atoms with Crippen molar-refractivity contribution < 1.29 is 23.1 Å². The van der Waals surface area contributed by atoms with Crippen LogP contribution in [-0.4, -0.2) is 66.3 Å². The number of benzene rings is 2. The number of sulfone groups is 1. The number of fused-ring (bicyclic) bond motifs is 2. The number of carbonyl (C=O) groups excluding carboxylic acids is 2. The molecule has 200 valence electrons. The molecule has 8 nitrogen and oxygen atoms in total. The zero-order chi connectivity index (χ0) is 26.7. The van der Waals surface area contributed by atoms with Crippen LogP contribution in [0, 0.1) is 11.8 Å². The first-order valence-electron chi connectivity index (χ1n) is 13.3. The zero-order valence-corrected chi connectivity index (χ0v) is 22.1. The van der Waals surface area contributed by atoms with Gasteiger partial charge in [0, 0.05) is 24.9 Å². The standard InChI is InChI=1S/C29H33N3O5S/c1-18-24-25(28(35)32(17-19-8-3-2-4-9-19)22-12-7-15-30-16-23(22)33)38(36,37)26-21-11-6-5-10-20(21)13-14-29(24,26)31-27(18)34/h2-6,8-11,13-14,18,22-26,30,33H,7,12,15-17H2,1H3,(H,31,34)/t18?,22?,23-,24?,25?,26?,29?/m0/s1. The fraction of sp³-hybridized carbons (Fsp3) is 0.448. The molecule has 2 aromatic rings. The molecular weight excluding hydrogens is 502 g/mol. The first-order valence-corrected chi connectivity index (χ1v) is 14.9. The van der Waals surface area contributed by atoms with E-state index in [-0.39, 0.29) is 12.5 Å². The number of β-amino-alcohol motifs (C(OH)–C–C–N with tert-alkyl or cyclic N) is 1. The maximum atomic E-state index is 14.6. The molecule has 3 N–H and O–H groups in total. The summed E-state index contributed by atoms with van der Waals surface area (Å²) in [4.78, 5) is 29.3. The highest BCUT2D eigenvalue weighted by molar-refractivity contribution is 7.93. The van der Waals surface area contributed by atoms with Crippen LogP contribution in [0.4, 0.5) is 0 Å². The Morgan fingerprint density at radius 1 is 1.13 bits per heavy atom. The summed E-state index contributed by atoms with van der Waals surface area (Å²) in [5, 5.41) is 14.8. The smallest absolute Gasteiger partial charge is 0.242 e. The maximum absolute atomic E-state index is 14.6. The second-order valence-electron chi connectivity index (χ2n) is 11.0. The molecule has 38 heavy (non-hydrogen) atoms. The zero-order valence-electron chi connectivity index (χ0n) is 21.3. The predicted octanol–water partition coefficient (Wildman–Crippen LogP) is 1.81. The number of hydrogen-bond acceptors (Lipinski definition) is 6. The van der Waals surface area contributed by atoms with Gasteiger partial charge in [-0.15, -0.1) is 0 Å². The summed E-state index contributed by atoms with van der Waals surface area (Å²) < 4.78 is 28.9. The van der Waals surface area contributed by atoms with E-state index >= 15 is 0 Å². The van der Waals surface area contributed by atoms with Crippen LogP contribution in [0.5, 0.6) is 0 Å². The molecule has 7 atom stereocenters. The number of carbonyl (C=O) groups is 2. The average Bonchev–Trinajstić information content (AvgIpc) is 3.12. The van der Waals surface area contributed by atoms with E-state index in [9.17, 15) is 23.1 Å². The molecule has 3 fully saturated rings. The Kier molecular flexibility index (Phi) is 6.20. The van der Waals surface area contributed by atoms with Crippen LogP contribution < -0.4 is 10.6 Å². The molecule has 4 aliphatic rings. The molecule has 0 aromatic heterocycles. The Morgan fingerprint density at radius 3 is 2.66 bits per heavy atom. The van der Waals surface area contributed by atoms with Gasteiger partial charge in [0.15, 0.2) is 9.84 Å². The van der Waals surface area contributed by atoms with E-state index in [1.165, 1.54) is 0 Å². The van der Waals surface area contributed by atoms with E-state index in [1.807, 2.05) is 48.5 Å². The van der Waals surface area contributed by atoms with Crippen molar-refractivity contribution >= 4 is 27.7 Å². The fourth-order valence-electron chi connectivity index (χ4n) is 7.14. The Balaban J connectivity index is 1.48. The van der Waals surface area contributed by atoms with E-state index in [0.717, 1.165) is 17.5 Å². The Hall–Kier alpha value is -3.01. The lowest BCUT2D eigenvalue weighted by Crippen LogP contribution is -2.54. The minimum atomic E-state index is -4.08. The SMILES string of the molecule is CC1C(=O)NC23C=Cc4ccccc4C2S(=O)(=O)C(C(=O)N(Cc2ccccc2)C2CCCNC[C@@H]2O)C13. The van der Waals surface area contributed by atoms with Crippen LogP contribution in [0.25, 0.3) is 6.08 Å². The van der Waals surface area contributed by atoms with Crippen LogP contribution in [0.3, 0.4) is 0 Å². The van der Waals surface area contributed by atoms with E-state index in [2.05, 4.69) is 10.6 Å². The lowest BCUT2D eigenvalue weighted by molar-refractivity contribution is -0.138.